The zero-order valence-electron chi connectivity index (χ0n) is 18.4. The monoisotopic (exact) mass is 527 g/mol. The summed E-state index contributed by atoms with van der Waals surface area (Å²) in [7, 11) is 1.92. The Morgan fingerprint density at radius 2 is 1.67 bits per heavy atom. The van der Waals surface area contributed by atoms with Crippen molar-refractivity contribution in [2.24, 2.45) is 4.99 Å². The fourth-order valence-corrected chi connectivity index (χ4v) is 5.08. The standard InChI is InChI=1S/C23H37N5O.HI/c1-24-22(25-20-23(9-17-29-18-10-23)28-11-5-6-12-28)27-15-13-26(14-16-27)19-21-7-3-2-4-8-21;/h2-4,7-8H,5-6,9-20H2,1H3,(H,24,25);1H. The summed E-state index contributed by atoms with van der Waals surface area (Å²) in [6, 6.07) is 10.8. The summed E-state index contributed by atoms with van der Waals surface area (Å²) in [6.07, 6.45) is 4.92. The first-order valence-electron chi connectivity index (χ1n) is 11.3. The summed E-state index contributed by atoms with van der Waals surface area (Å²) >= 11 is 0. The molecule has 1 N–H and O–H groups in total. The smallest absolute Gasteiger partial charge is 0.193 e. The van der Waals surface area contributed by atoms with Gasteiger partial charge in [-0.05, 0) is 44.3 Å². The number of halogens is 1. The van der Waals surface area contributed by atoms with Crippen LogP contribution in [0.5, 0.6) is 0 Å². The molecule has 168 valence electrons. The molecule has 30 heavy (non-hydrogen) atoms. The van der Waals surface area contributed by atoms with Crippen LogP contribution in [0.1, 0.15) is 31.2 Å². The van der Waals surface area contributed by atoms with Crippen molar-refractivity contribution in [2.75, 3.05) is 66.1 Å². The van der Waals surface area contributed by atoms with Crippen molar-refractivity contribution >= 4 is 29.9 Å². The summed E-state index contributed by atoms with van der Waals surface area (Å²) < 4.78 is 5.69. The zero-order valence-corrected chi connectivity index (χ0v) is 20.7. The Labute approximate surface area is 199 Å². The minimum Gasteiger partial charge on any atom is -0.381 e. The van der Waals surface area contributed by atoms with Crippen LogP contribution < -0.4 is 5.32 Å². The van der Waals surface area contributed by atoms with E-state index in [4.69, 9.17) is 4.74 Å². The highest BCUT2D eigenvalue weighted by atomic mass is 127. The first kappa shape index (κ1) is 23.8. The second-order valence-corrected chi connectivity index (χ2v) is 8.68. The van der Waals surface area contributed by atoms with E-state index in [2.05, 4.69) is 55.3 Å². The molecule has 3 aliphatic rings. The second kappa shape index (κ2) is 11.6. The third kappa shape index (κ3) is 5.87. The average molecular weight is 527 g/mol. The number of rotatable bonds is 5. The summed E-state index contributed by atoms with van der Waals surface area (Å²) in [5.41, 5.74) is 1.63. The molecule has 3 saturated heterocycles. The van der Waals surface area contributed by atoms with Crippen molar-refractivity contribution in [3.05, 3.63) is 35.9 Å². The lowest BCUT2D eigenvalue weighted by molar-refractivity contribution is -0.0167. The molecular weight excluding hydrogens is 489 g/mol. The number of piperazine rings is 1. The number of nitrogens with one attached hydrogen (secondary N) is 1. The van der Waals surface area contributed by atoms with Gasteiger partial charge in [0.25, 0.3) is 0 Å². The molecule has 0 spiro atoms. The summed E-state index contributed by atoms with van der Waals surface area (Å²) in [6.45, 7) is 10.5. The van der Waals surface area contributed by atoms with Gasteiger partial charge in [0.2, 0.25) is 0 Å². The predicted octanol–water partition coefficient (Wildman–Crippen LogP) is 2.64. The van der Waals surface area contributed by atoms with Crippen molar-refractivity contribution in [1.29, 1.82) is 0 Å². The molecule has 7 heteroatoms. The highest BCUT2D eigenvalue weighted by Gasteiger charge is 2.40. The van der Waals surface area contributed by atoms with Crippen molar-refractivity contribution in [3.63, 3.8) is 0 Å². The van der Waals surface area contributed by atoms with Gasteiger partial charge in [-0.1, -0.05) is 30.3 Å². The van der Waals surface area contributed by atoms with Gasteiger partial charge in [0.05, 0.1) is 0 Å². The lowest BCUT2D eigenvalue weighted by Crippen LogP contribution is -2.60. The third-order valence-corrected chi connectivity index (χ3v) is 6.91. The zero-order chi connectivity index (χ0) is 19.9. The van der Waals surface area contributed by atoms with E-state index in [1.165, 1.54) is 31.5 Å². The molecule has 4 rings (SSSR count). The lowest BCUT2D eigenvalue weighted by Gasteiger charge is -2.45. The van der Waals surface area contributed by atoms with Crippen LogP contribution in [0.4, 0.5) is 0 Å². The third-order valence-electron chi connectivity index (χ3n) is 6.91. The molecule has 0 aromatic heterocycles. The topological polar surface area (TPSA) is 43.3 Å². The average Bonchev–Trinajstić information content (AvgIpc) is 3.32. The molecule has 0 atom stereocenters. The van der Waals surface area contributed by atoms with Gasteiger partial charge in [-0.25, -0.2) is 0 Å². The van der Waals surface area contributed by atoms with E-state index >= 15 is 0 Å². The van der Waals surface area contributed by atoms with Gasteiger partial charge in [-0.15, -0.1) is 24.0 Å². The van der Waals surface area contributed by atoms with Gasteiger partial charge in [0.15, 0.2) is 5.96 Å². The van der Waals surface area contributed by atoms with Gasteiger partial charge in [0.1, 0.15) is 0 Å². The summed E-state index contributed by atoms with van der Waals surface area (Å²) in [5, 5.41) is 3.75. The second-order valence-electron chi connectivity index (χ2n) is 8.68. The summed E-state index contributed by atoms with van der Waals surface area (Å²) in [4.78, 5) is 12.3. The van der Waals surface area contributed by atoms with Crippen molar-refractivity contribution in [3.8, 4) is 0 Å². The molecule has 3 heterocycles. The van der Waals surface area contributed by atoms with E-state index in [-0.39, 0.29) is 29.5 Å². The SMILES string of the molecule is CN=C(NCC1(N2CCCC2)CCOCC1)N1CCN(Cc2ccccc2)CC1.I. The van der Waals surface area contributed by atoms with E-state index < -0.39 is 0 Å². The fourth-order valence-electron chi connectivity index (χ4n) is 5.08. The Kier molecular flexibility index (Phi) is 9.22. The Balaban J connectivity index is 0.00000256. The quantitative estimate of drug-likeness (QED) is 0.363. The molecule has 1 aromatic rings. The molecule has 1 aromatic carbocycles. The van der Waals surface area contributed by atoms with Gasteiger partial charge in [-0.3, -0.25) is 14.8 Å². The Morgan fingerprint density at radius 1 is 1.00 bits per heavy atom. The van der Waals surface area contributed by atoms with Crippen LogP contribution in [0.25, 0.3) is 0 Å². The minimum absolute atomic E-state index is 0. The van der Waals surface area contributed by atoms with Crippen LogP contribution in [0.15, 0.2) is 35.3 Å². The molecule has 3 aliphatic heterocycles. The van der Waals surface area contributed by atoms with E-state index in [0.29, 0.717) is 0 Å². The maximum atomic E-state index is 5.69. The number of hydrogen-bond donors (Lipinski definition) is 1. The van der Waals surface area contributed by atoms with E-state index in [0.717, 1.165) is 71.3 Å². The number of ether oxygens (including phenoxy) is 1. The lowest BCUT2D eigenvalue weighted by atomic mass is 9.88. The van der Waals surface area contributed by atoms with Crippen LogP contribution >= 0.6 is 24.0 Å². The molecule has 0 amide bonds. The van der Waals surface area contributed by atoms with E-state index in [1.807, 2.05) is 7.05 Å². The number of guanidine groups is 1. The molecule has 0 bridgehead atoms. The Morgan fingerprint density at radius 3 is 2.30 bits per heavy atom. The van der Waals surface area contributed by atoms with Crippen LogP contribution in [0.3, 0.4) is 0 Å². The molecular formula is C23H38IN5O. The first-order chi connectivity index (χ1) is 14.3. The van der Waals surface area contributed by atoms with E-state index in [1.54, 1.807) is 0 Å². The predicted molar refractivity (Wildman–Crippen MR) is 134 cm³/mol. The highest BCUT2D eigenvalue weighted by molar-refractivity contribution is 14.0. The number of benzene rings is 1. The number of aliphatic imine (C=N–C) groups is 1. The number of hydrogen-bond acceptors (Lipinski definition) is 4. The maximum absolute atomic E-state index is 5.69. The van der Waals surface area contributed by atoms with Crippen LogP contribution in [-0.2, 0) is 11.3 Å². The fraction of sp³-hybridized carbons (Fsp3) is 0.696. The molecule has 6 nitrogen and oxygen atoms in total. The largest absolute Gasteiger partial charge is 0.381 e. The van der Waals surface area contributed by atoms with Crippen LogP contribution in [-0.4, -0.2) is 92.3 Å². The molecule has 0 saturated carbocycles. The van der Waals surface area contributed by atoms with Crippen molar-refractivity contribution < 1.29 is 4.74 Å². The normalized spacial score (nSPS) is 23.2. The highest BCUT2D eigenvalue weighted by Crippen LogP contribution is 2.30. The molecule has 3 fully saturated rings. The Bertz CT molecular complexity index is 651. The van der Waals surface area contributed by atoms with E-state index in [9.17, 15) is 0 Å². The van der Waals surface area contributed by atoms with Crippen LogP contribution in [0, 0.1) is 0 Å². The van der Waals surface area contributed by atoms with Crippen molar-refractivity contribution in [2.45, 2.75) is 37.8 Å². The number of nitrogens with zero attached hydrogens (tertiary/aromatic N) is 4. The first-order valence-corrected chi connectivity index (χ1v) is 11.3. The van der Waals surface area contributed by atoms with Crippen LogP contribution in [0.2, 0.25) is 0 Å². The molecule has 0 unspecified atom stereocenters. The summed E-state index contributed by atoms with van der Waals surface area (Å²) in [5.74, 6) is 1.06. The molecule has 0 radical (unpaired) electrons. The maximum Gasteiger partial charge on any atom is 0.193 e. The number of likely N-dealkylation sites (tertiary alicyclic amines) is 1. The van der Waals surface area contributed by atoms with Gasteiger partial charge in [-0.2, -0.15) is 0 Å². The minimum atomic E-state index is 0. The van der Waals surface area contributed by atoms with Gasteiger partial charge >= 0.3 is 0 Å². The molecule has 0 aliphatic carbocycles. The Hall–Kier alpha value is -0.900. The van der Waals surface area contributed by atoms with Gasteiger partial charge in [0, 0.05) is 65.1 Å². The van der Waals surface area contributed by atoms with Gasteiger partial charge < -0.3 is 15.0 Å². The van der Waals surface area contributed by atoms with Crippen molar-refractivity contribution in [1.82, 2.24) is 20.0 Å².